The molecule has 0 aliphatic heterocycles. The Morgan fingerprint density at radius 1 is 0.963 bits per heavy atom. The third-order valence-electron chi connectivity index (χ3n) is 4.41. The molecule has 3 rings (SSSR count). The lowest BCUT2D eigenvalue weighted by atomic mass is 10.2. The van der Waals surface area contributed by atoms with Crippen molar-refractivity contribution in [3.8, 4) is 0 Å². The molecule has 1 fully saturated rings. The highest BCUT2D eigenvalue weighted by atomic mass is 16.5. The third-order valence-corrected chi connectivity index (χ3v) is 4.41. The van der Waals surface area contributed by atoms with Crippen molar-refractivity contribution in [1.82, 2.24) is 0 Å². The van der Waals surface area contributed by atoms with E-state index in [0.29, 0.717) is 24.3 Å². The predicted molar refractivity (Wildman–Crippen MR) is 102 cm³/mol. The van der Waals surface area contributed by atoms with Gasteiger partial charge in [0.25, 0.3) is 0 Å². The lowest BCUT2D eigenvalue weighted by Gasteiger charge is -2.07. The molecule has 0 heterocycles. The maximum Gasteiger partial charge on any atom is 0.338 e. The van der Waals surface area contributed by atoms with Crippen molar-refractivity contribution in [1.29, 1.82) is 0 Å². The Morgan fingerprint density at radius 3 is 2.19 bits per heavy atom. The molecule has 2 atom stereocenters. The van der Waals surface area contributed by atoms with Gasteiger partial charge in [0.05, 0.1) is 24.0 Å². The first kappa shape index (κ1) is 18.6. The summed E-state index contributed by atoms with van der Waals surface area (Å²) in [6, 6.07) is 14.0. The van der Waals surface area contributed by atoms with Crippen LogP contribution in [0.2, 0.25) is 0 Å². The van der Waals surface area contributed by atoms with Crippen molar-refractivity contribution in [3.63, 3.8) is 0 Å². The van der Waals surface area contributed by atoms with Crippen LogP contribution in [0.25, 0.3) is 0 Å². The summed E-state index contributed by atoms with van der Waals surface area (Å²) in [6.07, 6.45) is 0.532. The van der Waals surface area contributed by atoms with Crippen LogP contribution in [0.15, 0.2) is 48.5 Å². The Bertz CT molecular complexity index is 861. The monoisotopic (exact) mass is 366 g/mol. The molecule has 0 aromatic heterocycles. The second-order valence-electron chi connectivity index (χ2n) is 6.59. The number of carbonyl (C=O) groups is 3. The molecule has 27 heavy (non-hydrogen) atoms. The molecule has 0 saturated heterocycles. The van der Waals surface area contributed by atoms with Crippen LogP contribution in [0.4, 0.5) is 11.4 Å². The number of carbonyl (C=O) groups excluding carboxylic acids is 3. The van der Waals surface area contributed by atoms with Gasteiger partial charge in [-0.15, -0.1) is 0 Å². The van der Waals surface area contributed by atoms with Crippen LogP contribution in [0.1, 0.15) is 29.3 Å². The molecule has 0 radical (unpaired) electrons. The van der Waals surface area contributed by atoms with E-state index < -0.39 is 5.97 Å². The summed E-state index contributed by atoms with van der Waals surface area (Å²) in [7, 11) is 0. The first-order valence-electron chi connectivity index (χ1n) is 8.93. The maximum atomic E-state index is 12.3. The van der Waals surface area contributed by atoms with Gasteiger partial charge < -0.3 is 15.4 Å². The van der Waals surface area contributed by atoms with E-state index in [1.807, 2.05) is 31.2 Å². The zero-order valence-electron chi connectivity index (χ0n) is 15.3. The first-order chi connectivity index (χ1) is 13.0. The number of nitrogens with one attached hydrogen (secondary N) is 2. The van der Waals surface area contributed by atoms with Gasteiger partial charge in [-0.2, -0.15) is 0 Å². The lowest BCUT2D eigenvalue weighted by molar-refractivity contribution is -0.122. The van der Waals surface area contributed by atoms with E-state index in [-0.39, 0.29) is 23.7 Å². The number of rotatable bonds is 6. The second kappa shape index (κ2) is 8.03. The molecule has 0 spiro atoms. The number of amides is 2. The highest BCUT2D eigenvalue weighted by Gasteiger charge is 2.48. The minimum Gasteiger partial charge on any atom is -0.462 e. The molecule has 1 aliphatic carbocycles. The van der Waals surface area contributed by atoms with Crippen LogP contribution in [-0.4, -0.2) is 24.4 Å². The Balaban J connectivity index is 1.52. The van der Waals surface area contributed by atoms with Crippen LogP contribution in [0.3, 0.4) is 0 Å². The van der Waals surface area contributed by atoms with Crippen LogP contribution >= 0.6 is 0 Å². The van der Waals surface area contributed by atoms with Crippen molar-refractivity contribution in [2.45, 2.75) is 20.3 Å². The number of anilines is 2. The Hall–Kier alpha value is -3.15. The summed E-state index contributed by atoms with van der Waals surface area (Å²) in [5.41, 5.74) is 2.80. The highest BCUT2D eigenvalue weighted by molar-refractivity contribution is 6.03. The van der Waals surface area contributed by atoms with Gasteiger partial charge in [0.2, 0.25) is 11.8 Å². The minimum atomic E-state index is -0.398. The van der Waals surface area contributed by atoms with E-state index in [1.165, 1.54) is 0 Å². The molecule has 6 heteroatoms. The number of hydrogen-bond donors (Lipinski definition) is 2. The average molecular weight is 366 g/mol. The zero-order chi connectivity index (χ0) is 19.4. The van der Waals surface area contributed by atoms with Gasteiger partial charge in [0, 0.05) is 11.4 Å². The summed E-state index contributed by atoms with van der Waals surface area (Å²) >= 11 is 0. The van der Waals surface area contributed by atoms with E-state index in [1.54, 1.807) is 31.2 Å². The number of aryl methyl sites for hydroxylation is 1. The quantitative estimate of drug-likeness (QED) is 0.768. The van der Waals surface area contributed by atoms with Crippen LogP contribution < -0.4 is 10.6 Å². The molecule has 140 valence electrons. The Morgan fingerprint density at radius 2 is 1.59 bits per heavy atom. The summed E-state index contributed by atoms with van der Waals surface area (Å²) in [5, 5.41) is 5.64. The van der Waals surface area contributed by atoms with E-state index >= 15 is 0 Å². The van der Waals surface area contributed by atoms with Crippen LogP contribution in [0, 0.1) is 18.8 Å². The van der Waals surface area contributed by atoms with Crippen molar-refractivity contribution in [3.05, 3.63) is 59.7 Å². The fraction of sp³-hybridized carbons (Fsp3) is 0.286. The number of esters is 1. The molecule has 0 bridgehead atoms. The molecule has 2 amide bonds. The third kappa shape index (κ3) is 4.73. The smallest absolute Gasteiger partial charge is 0.338 e. The van der Waals surface area contributed by atoms with Crippen molar-refractivity contribution < 1.29 is 19.1 Å². The molecule has 1 saturated carbocycles. The molecule has 2 unspecified atom stereocenters. The SMILES string of the molecule is CCOC(=O)c1ccc(NC(=O)C2CC2C(=O)Nc2cccc(C)c2)cc1. The van der Waals surface area contributed by atoms with Crippen LogP contribution in [0.5, 0.6) is 0 Å². The fourth-order valence-corrected chi connectivity index (χ4v) is 2.87. The molecule has 6 nitrogen and oxygen atoms in total. The van der Waals surface area contributed by atoms with E-state index in [0.717, 1.165) is 11.3 Å². The largest absolute Gasteiger partial charge is 0.462 e. The zero-order valence-corrected chi connectivity index (χ0v) is 15.3. The number of benzene rings is 2. The average Bonchev–Trinajstić information content (AvgIpc) is 3.43. The summed E-state index contributed by atoms with van der Waals surface area (Å²) < 4.78 is 4.92. The van der Waals surface area contributed by atoms with Gasteiger partial charge in [-0.25, -0.2) is 4.79 Å². The maximum absolute atomic E-state index is 12.3. The van der Waals surface area contributed by atoms with Crippen LogP contribution in [-0.2, 0) is 14.3 Å². The normalized spacial score (nSPS) is 17.7. The fourth-order valence-electron chi connectivity index (χ4n) is 2.87. The molecule has 2 aromatic rings. The second-order valence-corrected chi connectivity index (χ2v) is 6.59. The molecule has 1 aliphatic rings. The minimum absolute atomic E-state index is 0.140. The van der Waals surface area contributed by atoms with Gasteiger partial charge in [-0.3, -0.25) is 9.59 Å². The number of ether oxygens (including phenoxy) is 1. The Labute approximate surface area is 157 Å². The number of hydrogen-bond acceptors (Lipinski definition) is 4. The molecular weight excluding hydrogens is 344 g/mol. The predicted octanol–water partition coefficient (Wildman–Crippen LogP) is 3.39. The topological polar surface area (TPSA) is 84.5 Å². The van der Waals surface area contributed by atoms with Gasteiger partial charge in [-0.05, 0) is 62.2 Å². The van der Waals surface area contributed by atoms with Gasteiger partial charge in [-0.1, -0.05) is 12.1 Å². The van der Waals surface area contributed by atoms with E-state index in [9.17, 15) is 14.4 Å². The van der Waals surface area contributed by atoms with E-state index in [4.69, 9.17) is 4.74 Å². The van der Waals surface area contributed by atoms with Crippen molar-refractivity contribution in [2.75, 3.05) is 17.2 Å². The van der Waals surface area contributed by atoms with Gasteiger partial charge in [0.15, 0.2) is 0 Å². The Kier molecular flexibility index (Phi) is 5.54. The lowest BCUT2D eigenvalue weighted by Crippen LogP contribution is -2.20. The molecular formula is C21H22N2O4. The van der Waals surface area contributed by atoms with Crippen molar-refractivity contribution in [2.24, 2.45) is 11.8 Å². The highest BCUT2D eigenvalue weighted by Crippen LogP contribution is 2.40. The summed E-state index contributed by atoms with van der Waals surface area (Å²) in [4.78, 5) is 36.3. The molecule has 2 aromatic carbocycles. The van der Waals surface area contributed by atoms with Gasteiger partial charge in [0.1, 0.15) is 0 Å². The first-order valence-corrected chi connectivity index (χ1v) is 8.93. The summed E-state index contributed by atoms with van der Waals surface area (Å²) in [6.45, 7) is 4.01. The summed E-state index contributed by atoms with van der Waals surface area (Å²) in [5.74, 6) is -1.38. The van der Waals surface area contributed by atoms with E-state index in [2.05, 4.69) is 10.6 Å². The standard InChI is InChI=1S/C21H22N2O4/c1-3-27-21(26)14-7-9-15(10-8-14)22-19(24)17-12-18(17)20(25)23-16-6-4-5-13(2)11-16/h4-11,17-18H,3,12H2,1-2H3,(H,22,24)(H,23,25). The van der Waals surface area contributed by atoms with Gasteiger partial charge >= 0.3 is 5.97 Å². The van der Waals surface area contributed by atoms with Crippen molar-refractivity contribution >= 4 is 29.2 Å². The molecule has 2 N–H and O–H groups in total.